The molecule has 4 rings (SSSR count). The first-order chi connectivity index (χ1) is 13.1. The largest absolute Gasteiger partial charge is 0.507 e. The van der Waals surface area contributed by atoms with E-state index in [1.807, 2.05) is 29.2 Å². The zero-order valence-corrected chi connectivity index (χ0v) is 14.9. The maximum absolute atomic E-state index is 13.7. The van der Waals surface area contributed by atoms with Crippen LogP contribution in [0, 0.1) is 5.82 Å². The van der Waals surface area contributed by atoms with E-state index in [0.29, 0.717) is 27.0 Å². The highest BCUT2D eigenvalue weighted by Gasteiger charge is 2.19. The second kappa shape index (κ2) is 7.21. The Kier molecular flexibility index (Phi) is 4.60. The molecule has 134 valence electrons. The van der Waals surface area contributed by atoms with Crippen LogP contribution in [0.25, 0.3) is 12.3 Å². The van der Waals surface area contributed by atoms with E-state index in [4.69, 9.17) is 16.6 Å². The van der Waals surface area contributed by atoms with E-state index in [0.717, 1.165) is 0 Å². The van der Waals surface area contributed by atoms with Crippen molar-refractivity contribution in [3.05, 3.63) is 94.0 Å². The molecular weight excluding hydrogens is 365 g/mol. The molecule has 0 saturated carbocycles. The van der Waals surface area contributed by atoms with Gasteiger partial charge in [-0.3, -0.25) is 4.99 Å². The van der Waals surface area contributed by atoms with Crippen molar-refractivity contribution >= 4 is 29.6 Å². The summed E-state index contributed by atoms with van der Waals surface area (Å²) >= 11 is 6.27. The Bertz CT molecular complexity index is 1150. The van der Waals surface area contributed by atoms with Gasteiger partial charge in [0.15, 0.2) is 5.15 Å². The van der Waals surface area contributed by atoms with Gasteiger partial charge >= 0.3 is 0 Å². The van der Waals surface area contributed by atoms with Crippen molar-refractivity contribution in [3.63, 3.8) is 0 Å². The van der Waals surface area contributed by atoms with Gasteiger partial charge in [-0.2, -0.15) is 0 Å². The molecule has 1 unspecified atom stereocenters. The maximum atomic E-state index is 13.7. The smallest absolute Gasteiger partial charge is 0.152 e. The Morgan fingerprint density at radius 3 is 2.78 bits per heavy atom. The second-order valence-corrected chi connectivity index (χ2v) is 6.37. The molecule has 1 N–H and O–H groups in total. The van der Waals surface area contributed by atoms with Crippen molar-refractivity contribution < 1.29 is 9.50 Å². The van der Waals surface area contributed by atoms with Gasteiger partial charge in [0.1, 0.15) is 17.7 Å². The highest BCUT2D eigenvalue weighted by atomic mass is 35.5. The fourth-order valence-electron chi connectivity index (χ4n) is 2.91. The maximum Gasteiger partial charge on any atom is 0.152 e. The van der Waals surface area contributed by atoms with Gasteiger partial charge in [0, 0.05) is 23.2 Å². The van der Waals surface area contributed by atoms with E-state index < -0.39 is 6.17 Å². The quantitative estimate of drug-likeness (QED) is 0.709. The summed E-state index contributed by atoms with van der Waals surface area (Å²) in [6, 6.07) is 15.1. The number of nitrogens with zero attached hydrogens (tertiary/aromatic N) is 3. The Hall–Kier alpha value is -3.18. The number of phenols is 1. The zero-order valence-electron chi connectivity index (χ0n) is 14.1. The van der Waals surface area contributed by atoms with Crippen molar-refractivity contribution in [2.75, 3.05) is 4.90 Å². The van der Waals surface area contributed by atoms with E-state index in [1.54, 1.807) is 42.7 Å². The third-order valence-electron chi connectivity index (χ3n) is 4.23. The van der Waals surface area contributed by atoms with Gasteiger partial charge in [-0.05, 0) is 42.5 Å². The number of aromatic hydroxyl groups is 1. The lowest BCUT2D eigenvalue weighted by Crippen LogP contribution is -2.41. The van der Waals surface area contributed by atoms with Crippen LogP contribution in [0.15, 0.2) is 71.9 Å². The number of hydrogen-bond donors (Lipinski definition) is 1. The molecule has 1 aromatic heterocycles. The summed E-state index contributed by atoms with van der Waals surface area (Å²) in [5, 5.41) is 11.6. The average Bonchev–Trinajstić information content (AvgIpc) is 2.67. The Balaban J connectivity index is 1.83. The number of aromatic nitrogens is 1. The number of halogens is 2. The second-order valence-electron chi connectivity index (χ2n) is 6.01. The Morgan fingerprint density at radius 1 is 1.11 bits per heavy atom. The molecule has 2 aromatic carbocycles. The highest BCUT2D eigenvalue weighted by molar-refractivity contribution is 6.32. The third-order valence-corrected chi connectivity index (χ3v) is 4.52. The highest BCUT2D eigenvalue weighted by Crippen LogP contribution is 2.27. The monoisotopic (exact) mass is 379 g/mol. The third kappa shape index (κ3) is 3.55. The van der Waals surface area contributed by atoms with E-state index in [2.05, 4.69) is 4.98 Å². The lowest BCUT2D eigenvalue weighted by molar-refractivity contribution is 0.474. The van der Waals surface area contributed by atoms with E-state index in [1.165, 1.54) is 12.1 Å². The van der Waals surface area contributed by atoms with Crippen molar-refractivity contribution in [1.82, 2.24) is 4.98 Å². The summed E-state index contributed by atoms with van der Waals surface area (Å²) in [5.74, 6) is -0.150. The number of benzene rings is 2. The molecule has 1 aliphatic heterocycles. The minimum atomic E-state index is -0.427. The molecule has 3 aromatic rings. The van der Waals surface area contributed by atoms with Gasteiger partial charge in [-0.15, -0.1) is 0 Å². The van der Waals surface area contributed by atoms with Gasteiger partial charge in [0.2, 0.25) is 0 Å². The number of fused-ring (bicyclic) bond motifs is 1. The number of rotatable bonds is 3. The zero-order chi connectivity index (χ0) is 18.8. The predicted octanol–water partition coefficient (Wildman–Crippen LogP) is 3.50. The fraction of sp³-hybridized carbons (Fsp3) is 0.0476. The molecular formula is C21H15ClFN3O. The SMILES string of the molecule is Oc1ccccc1C=CC1N=c2ccc(F)cc2=CN1c1cccnc1Cl. The molecule has 6 heteroatoms. The molecule has 0 fully saturated rings. The van der Waals surface area contributed by atoms with Crippen LogP contribution < -0.4 is 15.5 Å². The standard InChI is InChI=1S/C21H15ClFN3O/c22-21-18(5-3-11-24-21)26-13-15-12-16(23)8-9-17(15)25-20(26)10-7-14-4-1-2-6-19(14)27/h1-13,20,27H. The number of hydrogen-bond acceptors (Lipinski definition) is 4. The molecule has 1 aliphatic rings. The molecule has 1 atom stereocenters. The van der Waals surface area contributed by atoms with Gasteiger partial charge in [0.25, 0.3) is 0 Å². The topological polar surface area (TPSA) is 48.7 Å². The van der Waals surface area contributed by atoms with Crippen molar-refractivity contribution in [2.24, 2.45) is 4.99 Å². The molecule has 0 saturated heterocycles. The first-order valence-corrected chi connectivity index (χ1v) is 8.70. The number of anilines is 1. The van der Waals surface area contributed by atoms with Crippen molar-refractivity contribution in [1.29, 1.82) is 0 Å². The van der Waals surface area contributed by atoms with Crippen LogP contribution in [0.2, 0.25) is 5.15 Å². The lowest BCUT2D eigenvalue weighted by atomic mass is 10.1. The Labute approximate surface area is 160 Å². The summed E-state index contributed by atoms with van der Waals surface area (Å²) in [7, 11) is 0. The molecule has 0 bridgehead atoms. The summed E-state index contributed by atoms with van der Waals surface area (Å²) < 4.78 is 13.7. The minimum absolute atomic E-state index is 0.182. The molecule has 0 radical (unpaired) electrons. The fourth-order valence-corrected chi connectivity index (χ4v) is 3.13. The number of para-hydroxylation sites is 1. The van der Waals surface area contributed by atoms with E-state index in [-0.39, 0.29) is 11.6 Å². The average molecular weight is 380 g/mol. The molecule has 4 nitrogen and oxygen atoms in total. The summed E-state index contributed by atoms with van der Waals surface area (Å²) in [6.07, 6.45) is 6.62. The predicted molar refractivity (Wildman–Crippen MR) is 104 cm³/mol. The van der Waals surface area contributed by atoms with Crippen molar-refractivity contribution in [3.8, 4) is 5.75 Å². The summed E-state index contributed by atoms with van der Waals surface area (Å²) in [4.78, 5) is 10.6. The number of pyridine rings is 1. The van der Waals surface area contributed by atoms with Crippen LogP contribution in [-0.2, 0) is 0 Å². The van der Waals surface area contributed by atoms with Gasteiger partial charge in [0.05, 0.1) is 11.0 Å². The summed E-state index contributed by atoms with van der Waals surface area (Å²) in [5.41, 5.74) is 1.33. The van der Waals surface area contributed by atoms with Crippen LogP contribution in [-0.4, -0.2) is 16.3 Å². The van der Waals surface area contributed by atoms with Crippen LogP contribution >= 0.6 is 11.6 Å². The van der Waals surface area contributed by atoms with Gasteiger partial charge < -0.3 is 10.0 Å². The van der Waals surface area contributed by atoms with Crippen LogP contribution in [0.3, 0.4) is 0 Å². The van der Waals surface area contributed by atoms with Crippen LogP contribution in [0.5, 0.6) is 5.75 Å². The molecule has 27 heavy (non-hydrogen) atoms. The molecule has 0 aliphatic carbocycles. The first-order valence-electron chi connectivity index (χ1n) is 8.32. The molecule has 0 amide bonds. The van der Waals surface area contributed by atoms with E-state index in [9.17, 15) is 9.50 Å². The molecule has 0 spiro atoms. The first kappa shape index (κ1) is 17.2. The van der Waals surface area contributed by atoms with Crippen molar-refractivity contribution in [2.45, 2.75) is 6.17 Å². The van der Waals surface area contributed by atoms with Gasteiger partial charge in [-0.1, -0.05) is 35.9 Å². The lowest BCUT2D eigenvalue weighted by Gasteiger charge is -2.28. The van der Waals surface area contributed by atoms with E-state index >= 15 is 0 Å². The Morgan fingerprint density at radius 2 is 1.96 bits per heavy atom. The van der Waals surface area contributed by atoms with Crippen LogP contribution in [0.1, 0.15) is 5.56 Å². The van der Waals surface area contributed by atoms with Gasteiger partial charge in [-0.25, -0.2) is 9.37 Å². The summed E-state index contributed by atoms with van der Waals surface area (Å²) in [6.45, 7) is 0. The normalized spacial score (nSPS) is 15.9. The van der Waals surface area contributed by atoms with Crippen LogP contribution in [0.4, 0.5) is 10.1 Å². The minimum Gasteiger partial charge on any atom is -0.507 e. The number of phenolic OH excluding ortho intramolecular Hbond substituents is 1. The molecule has 2 heterocycles.